The number of carbonyl (C=O) groups excluding carboxylic acids is 1. The van der Waals surface area contributed by atoms with Crippen LogP contribution in [0.1, 0.15) is 23.2 Å². The van der Waals surface area contributed by atoms with Gasteiger partial charge in [-0.15, -0.1) is 0 Å². The van der Waals surface area contributed by atoms with Crippen molar-refractivity contribution in [2.75, 3.05) is 11.3 Å². The summed E-state index contributed by atoms with van der Waals surface area (Å²) in [4.78, 5) is 17.2. The molecule has 2 aromatic carbocycles. The molecule has 182 valence electrons. The zero-order valence-corrected chi connectivity index (χ0v) is 18.9. The summed E-state index contributed by atoms with van der Waals surface area (Å²) in [6.45, 7) is 0.678. The number of aliphatic imine (C=N–C) groups is 1. The van der Waals surface area contributed by atoms with Crippen LogP contribution in [0.2, 0.25) is 0 Å². The molecule has 5 rings (SSSR count). The molecule has 0 amide bonds. The number of anilines is 1. The first kappa shape index (κ1) is 23.0. The van der Waals surface area contributed by atoms with E-state index in [-0.39, 0.29) is 10.5 Å². The molecule has 4 N–H and O–H groups in total. The average molecular weight is 504 g/mol. The number of carbonyl (C=O) groups is 1. The van der Waals surface area contributed by atoms with Crippen molar-refractivity contribution >= 4 is 27.8 Å². The molecule has 0 radical (unpaired) electrons. The second kappa shape index (κ2) is 8.77. The van der Waals surface area contributed by atoms with Crippen LogP contribution in [0.15, 0.2) is 69.5 Å². The Labute approximate surface area is 199 Å². The van der Waals surface area contributed by atoms with Gasteiger partial charge in [0, 0.05) is 23.9 Å². The lowest BCUT2D eigenvalue weighted by Crippen LogP contribution is -2.37. The summed E-state index contributed by atoms with van der Waals surface area (Å²) >= 11 is 0. The standard InChI is InChI=1S/C23H20F3N5O3S/c24-13-3-5-14(6-4-13)35(33,34)31-17-8-7-16(25)19(20(17)26)21(32)15-10-28-23-18(15)22(29-11-30-23)27-9-12-1-2-12/h3-8,10-12,23,27-28,31H,1-2,9H2,(H,29,30). The summed E-state index contributed by atoms with van der Waals surface area (Å²) in [7, 11) is -4.33. The molecular formula is C23H20F3N5O3S. The van der Waals surface area contributed by atoms with Gasteiger partial charge in [-0.25, -0.2) is 26.6 Å². The topological polar surface area (TPSA) is 112 Å². The highest BCUT2D eigenvalue weighted by Gasteiger charge is 2.36. The summed E-state index contributed by atoms with van der Waals surface area (Å²) in [6.07, 6.45) is 4.39. The molecule has 8 nitrogen and oxygen atoms in total. The zero-order chi connectivity index (χ0) is 24.7. The van der Waals surface area contributed by atoms with Crippen molar-refractivity contribution < 1.29 is 26.4 Å². The van der Waals surface area contributed by atoms with Crippen LogP contribution in [0.4, 0.5) is 18.9 Å². The van der Waals surface area contributed by atoms with Crippen LogP contribution in [0.5, 0.6) is 0 Å². The maximum Gasteiger partial charge on any atom is 0.261 e. The van der Waals surface area contributed by atoms with Crippen molar-refractivity contribution in [1.82, 2.24) is 16.0 Å². The van der Waals surface area contributed by atoms with Gasteiger partial charge < -0.3 is 16.0 Å². The predicted molar refractivity (Wildman–Crippen MR) is 122 cm³/mol. The Kier molecular flexibility index (Phi) is 5.75. The first-order chi connectivity index (χ1) is 16.7. The second-order valence-corrected chi connectivity index (χ2v) is 10.0. The minimum atomic E-state index is -4.33. The number of rotatable bonds is 8. The molecule has 2 aliphatic heterocycles. The van der Waals surface area contributed by atoms with E-state index in [4.69, 9.17) is 0 Å². The second-order valence-electron chi connectivity index (χ2n) is 8.34. The van der Waals surface area contributed by atoms with Crippen LogP contribution in [0.25, 0.3) is 0 Å². The largest absolute Gasteiger partial charge is 0.371 e. The highest BCUT2D eigenvalue weighted by molar-refractivity contribution is 7.92. The number of ketones is 1. The number of nitrogens with one attached hydrogen (secondary N) is 4. The Morgan fingerprint density at radius 3 is 2.54 bits per heavy atom. The van der Waals surface area contributed by atoms with E-state index in [9.17, 15) is 22.0 Å². The molecular weight excluding hydrogens is 483 g/mol. The van der Waals surface area contributed by atoms with Gasteiger partial charge in [0.2, 0.25) is 5.78 Å². The van der Waals surface area contributed by atoms with Gasteiger partial charge in [0.05, 0.1) is 22.5 Å². The lowest BCUT2D eigenvalue weighted by Gasteiger charge is -2.22. The van der Waals surface area contributed by atoms with Crippen molar-refractivity contribution in [3.63, 3.8) is 0 Å². The van der Waals surface area contributed by atoms with Crippen LogP contribution >= 0.6 is 0 Å². The first-order valence-corrected chi connectivity index (χ1v) is 12.3. The Bertz CT molecular complexity index is 1400. The van der Waals surface area contributed by atoms with Crippen LogP contribution in [0, 0.1) is 23.4 Å². The molecule has 2 aromatic rings. The Hall–Kier alpha value is -3.80. The van der Waals surface area contributed by atoms with Gasteiger partial charge in [0.15, 0.2) is 5.82 Å². The van der Waals surface area contributed by atoms with E-state index >= 15 is 4.39 Å². The van der Waals surface area contributed by atoms with Crippen LogP contribution in [-0.4, -0.2) is 33.3 Å². The summed E-state index contributed by atoms with van der Waals surface area (Å²) in [6, 6.07) is 5.55. The minimum Gasteiger partial charge on any atom is -0.371 e. The van der Waals surface area contributed by atoms with Crippen molar-refractivity contribution in [1.29, 1.82) is 0 Å². The fourth-order valence-corrected chi connectivity index (χ4v) is 4.87. The van der Waals surface area contributed by atoms with E-state index in [1.54, 1.807) is 0 Å². The smallest absolute Gasteiger partial charge is 0.261 e. The monoisotopic (exact) mass is 503 g/mol. The van der Waals surface area contributed by atoms with Gasteiger partial charge in [0.1, 0.15) is 23.6 Å². The van der Waals surface area contributed by atoms with Crippen molar-refractivity contribution in [2.24, 2.45) is 10.9 Å². The van der Waals surface area contributed by atoms with Gasteiger partial charge in [-0.3, -0.25) is 9.52 Å². The van der Waals surface area contributed by atoms with E-state index in [1.807, 2.05) is 4.72 Å². The van der Waals surface area contributed by atoms with Crippen LogP contribution < -0.4 is 20.7 Å². The van der Waals surface area contributed by atoms with E-state index in [2.05, 4.69) is 20.9 Å². The first-order valence-electron chi connectivity index (χ1n) is 10.8. The number of fused-ring (bicyclic) bond motifs is 1. The molecule has 0 aromatic heterocycles. The molecule has 2 heterocycles. The highest BCUT2D eigenvalue weighted by Crippen LogP contribution is 2.33. The molecule has 1 fully saturated rings. The van der Waals surface area contributed by atoms with E-state index < -0.39 is 50.7 Å². The maximum absolute atomic E-state index is 15.4. The lowest BCUT2D eigenvalue weighted by atomic mass is 9.96. The summed E-state index contributed by atoms with van der Waals surface area (Å²) in [5, 5.41) is 9.07. The number of Topliss-reactive ketones (excluding diaryl/α,β-unsaturated/α-hetero) is 1. The average Bonchev–Trinajstić information content (AvgIpc) is 3.56. The summed E-state index contributed by atoms with van der Waals surface area (Å²) in [5.74, 6) is -3.11. The molecule has 0 bridgehead atoms. The molecule has 1 atom stereocenters. The minimum absolute atomic E-state index is 0.00557. The third-order valence-electron chi connectivity index (χ3n) is 5.85. The van der Waals surface area contributed by atoms with Gasteiger partial charge in [0.25, 0.3) is 10.0 Å². The van der Waals surface area contributed by atoms with E-state index in [0.29, 0.717) is 23.9 Å². The molecule has 12 heteroatoms. The van der Waals surface area contributed by atoms with E-state index in [0.717, 1.165) is 49.2 Å². The Morgan fingerprint density at radius 2 is 1.83 bits per heavy atom. The van der Waals surface area contributed by atoms with Gasteiger partial charge in [-0.2, -0.15) is 0 Å². The lowest BCUT2D eigenvalue weighted by molar-refractivity contribution is 0.102. The summed E-state index contributed by atoms with van der Waals surface area (Å²) < 4.78 is 70.4. The molecule has 1 saturated carbocycles. The normalized spacial score (nSPS) is 18.9. The SMILES string of the molecule is O=C(C1=CNC2N=CNC(NCC3CC3)=C12)c1c(F)ccc(NS(=O)(=O)c2ccc(F)cc2)c1F. The fraction of sp³-hybridized carbons (Fsp3) is 0.217. The third-order valence-corrected chi connectivity index (χ3v) is 7.23. The van der Waals surface area contributed by atoms with Gasteiger partial charge >= 0.3 is 0 Å². The van der Waals surface area contributed by atoms with Crippen molar-refractivity contribution in [3.05, 3.63) is 82.6 Å². The number of nitrogens with zero attached hydrogens (tertiary/aromatic N) is 1. The van der Waals surface area contributed by atoms with Gasteiger partial charge in [-0.1, -0.05) is 0 Å². The van der Waals surface area contributed by atoms with E-state index in [1.165, 1.54) is 12.5 Å². The zero-order valence-electron chi connectivity index (χ0n) is 18.1. The number of sulfonamides is 1. The number of halogens is 3. The molecule has 1 unspecified atom stereocenters. The highest BCUT2D eigenvalue weighted by atomic mass is 32.2. The quantitative estimate of drug-likeness (QED) is 0.413. The molecule has 3 aliphatic rings. The van der Waals surface area contributed by atoms with Crippen LogP contribution in [0.3, 0.4) is 0 Å². The van der Waals surface area contributed by atoms with Gasteiger partial charge in [-0.05, 0) is 55.2 Å². The summed E-state index contributed by atoms with van der Waals surface area (Å²) in [5.41, 5.74) is -1.13. The maximum atomic E-state index is 15.4. The van der Waals surface area contributed by atoms with Crippen molar-refractivity contribution in [3.8, 4) is 0 Å². The Balaban J connectivity index is 1.46. The van der Waals surface area contributed by atoms with Crippen LogP contribution in [-0.2, 0) is 10.0 Å². The Morgan fingerprint density at radius 1 is 1.09 bits per heavy atom. The molecule has 1 aliphatic carbocycles. The molecule has 35 heavy (non-hydrogen) atoms. The van der Waals surface area contributed by atoms with Crippen molar-refractivity contribution in [2.45, 2.75) is 23.9 Å². The molecule has 0 saturated heterocycles. The number of benzene rings is 2. The number of hydrogen-bond acceptors (Lipinski definition) is 7. The fourth-order valence-electron chi connectivity index (χ4n) is 3.81. The molecule has 0 spiro atoms. The predicted octanol–water partition coefficient (Wildman–Crippen LogP) is 2.74. The number of hydrogen-bond donors (Lipinski definition) is 4. The third kappa shape index (κ3) is 4.48.